The lowest BCUT2D eigenvalue weighted by Crippen LogP contribution is -1.97. The van der Waals surface area contributed by atoms with E-state index < -0.39 is 0 Å². The molecule has 2 heteroatoms. The number of hydrogen-bond acceptors (Lipinski definition) is 2. The molecule has 0 aromatic rings. The lowest BCUT2D eigenvalue weighted by atomic mass is 10.1. The maximum absolute atomic E-state index is 4.13. The molecule has 0 rings (SSSR count). The highest BCUT2D eigenvalue weighted by atomic mass is 14.8. The Bertz CT molecular complexity index is 153. The normalized spacial score (nSPS) is 14.5. The van der Waals surface area contributed by atoms with Crippen molar-refractivity contribution in [3.63, 3.8) is 0 Å². The highest BCUT2D eigenvalue weighted by Crippen LogP contribution is 2.00. The third-order valence-corrected chi connectivity index (χ3v) is 2.34. The summed E-state index contributed by atoms with van der Waals surface area (Å²) in [7, 11) is 0. The van der Waals surface area contributed by atoms with Gasteiger partial charge in [-0.3, -0.25) is 0 Å². The lowest BCUT2D eigenvalue weighted by molar-refractivity contribution is 0.572. The summed E-state index contributed by atoms with van der Waals surface area (Å²) in [6, 6.07) is 2.77. The summed E-state index contributed by atoms with van der Waals surface area (Å²) < 4.78 is 0. The molecule has 0 amide bonds. The number of aliphatic imine (C=N–C) groups is 2. The van der Waals surface area contributed by atoms with Crippen LogP contribution in [0.3, 0.4) is 0 Å². The number of hydrogen-bond donors (Lipinski definition) is 0. The Balaban J connectivity index is 3.58. The molecule has 0 saturated carbocycles. The summed E-state index contributed by atoms with van der Waals surface area (Å²) in [5, 5.41) is 0. The monoisotopic (exact) mass is 182 g/mol. The van der Waals surface area contributed by atoms with Gasteiger partial charge < -0.3 is 0 Å². The van der Waals surface area contributed by atoms with Crippen molar-refractivity contribution in [3.05, 3.63) is 0 Å². The topological polar surface area (TPSA) is 24.7 Å². The molecular formula is C11H22N2. The third kappa shape index (κ3) is 7.73. The molecule has 2 nitrogen and oxygen atoms in total. The molecule has 13 heavy (non-hydrogen) atoms. The van der Waals surface area contributed by atoms with Gasteiger partial charge in [0.1, 0.15) is 0 Å². The Hall–Kier alpha value is -0.620. The molecule has 0 radical (unpaired) electrons. The second kappa shape index (κ2) is 8.00. The first-order chi connectivity index (χ1) is 6.20. The fraction of sp³-hybridized carbons (Fsp3) is 0.909. The van der Waals surface area contributed by atoms with Gasteiger partial charge >= 0.3 is 0 Å². The maximum atomic E-state index is 4.13. The molecule has 0 aliphatic carbocycles. The molecule has 0 bridgehead atoms. The van der Waals surface area contributed by atoms with Crippen LogP contribution in [-0.4, -0.2) is 19.1 Å². The van der Waals surface area contributed by atoms with Gasteiger partial charge in [-0.25, -0.2) is 9.98 Å². The van der Waals surface area contributed by atoms with E-state index in [1.165, 1.54) is 12.8 Å². The van der Waals surface area contributed by atoms with Crippen LogP contribution >= 0.6 is 0 Å². The van der Waals surface area contributed by atoms with Crippen molar-refractivity contribution in [1.82, 2.24) is 0 Å². The first-order valence-corrected chi connectivity index (χ1v) is 5.28. The van der Waals surface area contributed by atoms with Crippen molar-refractivity contribution in [3.8, 4) is 0 Å². The van der Waals surface area contributed by atoms with Gasteiger partial charge in [0.15, 0.2) is 0 Å². The number of rotatable bonds is 6. The van der Waals surface area contributed by atoms with Crippen LogP contribution in [0, 0.1) is 11.8 Å². The van der Waals surface area contributed by atoms with Crippen LogP contribution in [0.15, 0.2) is 9.98 Å². The van der Waals surface area contributed by atoms with Crippen molar-refractivity contribution >= 4 is 6.01 Å². The van der Waals surface area contributed by atoms with Crippen molar-refractivity contribution in [1.29, 1.82) is 0 Å². The quantitative estimate of drug-likeness (QED) is 0.563. The Morgan fingerprint density at radius 2 is 1.31 bits per heavy atom. The van der Waals surface area contributed by atoms with Crippen LogP contribution < -0.4 is 0 Å². The van der Waals surface area contributed by atoms with Crippen LogP contribution in [0.25, 0.3) is 0 Å². The SMILES string of the molecule is CCC(C)CN=C=NCC(C)CC. The Labute approximate surface area is 82.2 Å². The molecular weight excluding hydrogens is 160 g/mol. The van der Waals surface area contributed by atoms with Gasteiger partial charge in [0.05, 0.1) is 19.1 Å². The van der Waals surface area contributed by atoms with Gasteiger partial charge in [0.25, 0.3) is 0 Å². The van der Waals surface area contributed by atoms with Gasteiger partial charge in [-0.05, 0) is 11.8 Å². The summed E-state index contributed by atoms with van der Waals surface area (Å²) in [4.78, 5) is 8.26. The molecule has 0 aliphatic heterocycles. The standard InChI is InChI=1S/C11H22N2/c1-5-10(3)7-12-9-13-8-11(4)6-2/h10-11H,5-8H2,1-4H3. The molecule has 0 aromatic carbocycles. The highest BCUT2D eigenvalue weighted by molar-refractivity contribution is 5.40. The zero-order valence-electron chi connectivity index (χ0n) is 9.38. The lowest BCUT2D eigenvalue weighted by Gasteiger charge is -2.01. The van der Waals surface area contributed by atoms with E-state index in [2.05, 4.69) is 43.7 Å². The molecule has 0 fully saturated rings. The average Bonchev–Trinajstić information content (AvgIpc) is 2.16. The van der Waals surface area contributed by atoms with Crippen molar-refractivity contribution in [2.75, 3.05) is 13.1 Å². The molecule has 0 N–H and O–H groups in total. The van der Waals surface area contributed by atoms with Crippen LogP contribution in [0.4, 0.5) is 0 Å². The molecule has 76 valence electrons. The molecule has 2 atom stereocenters. The predicted octanol–water partition coefficient (Wildman–Crippen LogP) is 3.25. The minimum Gasteiger partial charge on any atom is -0.225 e. The fourth-order valence-electron chi connectivity index (χ4n) is 0.702. The van der Waals surface area contributed by atoms with Crippen molar-refractivity contribution in [2.24, 2.45) is 21.8 Å². The zero-order valence-corrected chi connectivity index (χ0v) is 9.38. The van der Waals surface area contributed by atoms with E-state index in [1.54, 1.807) is 0 Å². The smallest absolute Gasteiger partial charge is 0.0892 e. The first-order valence-electron chi connectivity index (χ1n) is 5.28. The highest BCUT2D eigenvalue weighted by Gasteiger charge is 1.95. The third-order valence-electron chi connectivity index (χ3n) is 2.34. The summed E-state index contributed by atoms with van der Waals surface area (Å²) >= 11 is 0. The van der Waals surface area contributed by atoms with E-state index in [9.17, 15) is 0 Å². The van der Waals surface area contributed by atoms with Crippen LogP contribution in [0.1, 0.15) is 40.5 Å². The second-order valence-electron chi connectivity index (χ2n) is 3.81. The minimum atomic E-state index is 0.659. The van der Waals surface area contributed by atoms with Crippen molar-refractivity contribution in [2.45, 2.75) is 40.5 Å². The van der Waals surface area contributed by atoms with E-state index in [0.29, 0.717) is 11.8 Å². The van der Waals surface area contributed by atoms with Crippen molar-refractivity contribution < 1.29 is 0 Å². The molecule has 0 aromatic heterocycles. The maximum Gasteiger partial charge on any atom is 0.0892 e. The molecule has 0 spiro atoms. The molecule has 2 unspecified atom stereocenters. The fourth-order valence-corrected chi connectivity index (χ4v) is 0.702. The van der Waals surface area contributed by atoms with Gasteiger partial charge in [0, 0.05) is 0 Å². The predicted molar refractivity (Wildman–Crippen MR) is 58.5 cm³/mol. The Morgan fingerprint density at radius 3 is 1.62 bits per heavy atom. The van der Waals surface area contributed by atoms with Gasteiger partial charge in [0.2, 0.25) is 0 Å². The summed E-state index contributed by atoms with van der Waals surface area (Å²) in [6.07, 6.45) is 2.35. The summed E-state index contributed by atoms with van der Waals surface area (Å²) in [5.74, 6) is 1.32. The zero-order chi connectivity index (χ0) is 10.1. The van der Waals surface area contributed by atoms with Gasteiger partial charge in [-0.15, -0.1) is 0 Å². The second-order valence-corrected chi connectivity index (χ2v) is 3.81. The van der Waals surface area contributed by atoms with Crippen LogP contribution in [0.5, 0.6) is 0 Å². The molecule has 0 aliphatic rings. The molecule has 0 saturated heterocycles. The van der Waals surface area contributed by atoms with Gasteiger partial charge in [-0.1, -0.05) is 40.5 Å². The average molecular weight is 182 g/mol. The van der Waals surface area contributed by atoms with E-state index in [-0.39, 0.29) is 0 Å². The van der Waals surface area contributed by atoms with E-state index in [1.807, 2.05) is 0 Å². The Kier molecular flexibility index (Phi) is 7.62. The first kappa shape index (κ1) is 12.4. The summed E-state index contributed by atoms with van der Waals surface area (Å²) in [6.45, 7) is 10.5. The minimum absolute atomic E-state index is 0.659. The van der Waals surface area contributed by atoms with E-state index >= 15 is 0 Å². The van der Waals surface area contributed by atoms with Crippen LogP contribution in [0.2, 0.25) is 0 Å². The van der Waals surface area contributed by atoms with E-state index in [4.69, 9.17) is 0 Å². The Morgan fingerprint density at radius 1 is 0.923 bits per heavy atom. The summed E-state index contributed by atoms with van der Waals surface area (Å²) in [5.41, 5.74) is 0. The van der Waals surface area contributed by atoms with E-state index in [0.717, 1.165) is 13.1 Å². The molecule has 0 heterocycles. The van der Waals surface area contributed by atoms with Crippen LogP contribution in [-0.2, 0) is 0 Å². The largest absolute Gasteiger partial charge is 0.225 e. The van der Waals surface area contributed by atoms with Gasteiger partial charge in [-0.2, -0.15) is 0 Å². The number of nitrogens with zero attached hydrogens (tertiary/aromatic N) is 2.